The number of ether oxygens (including phenoxy) is 1. The number of hydrogen-bond acceptors (Lipinski definition) is 2. The third-order valence-electron chi connectivity index (χ3n) is 1.55. The number of nitrogens with zero attached hydrogens (tertiary/aromatic N) is 1. The van der Waals surface area contributed by atoms with Crippen molar-refractivity contribution >= 4 is 69.6 Å². The highest BCUT2D eigenvalue weighted by Crippen LogP contribution is 2.47. The van der Waals surface area contributed by atoms with Crippen molar-refractivity contribution in [3.63, 3.8) is 0 Å². The van der Waals surface area contributed by atoms with Crippen LogP contribution in [0.15, 0.2) is 0 Å². The first kappa shape index (κ1) is 14.7. The summed E-state index contributed by atoms with van der Waals surface area (Å²) in [6.07, 6.45) is 0. The lowest BCUT2D eigenvalue weighted by Gasteiger charge is -2.16. The number of alkyl halides is 3. The molecule has 0 radical (unpaired) electrons. The van der Waals surface area contributed by atoms with E-state index in [4.69, 9.17) is 74.3 Å². The van der Waals surface area contributed by atoms with Gasteiger partial charge in [0.25, 0.3) is 0 Å². The predicted octanol–water partition coefficient (Wildman–Crippen LogP) is 5.27. The number of aromatic nitrogens is 1. The zero-order chi connectivity index (χ0) is 12.5. The molecule has 1 rings (SSSR count). The van der Waals surface area contributed by atoms with Gasteiger partial charge in [-0.05, 0) is 6.92 Å². The van der Waals surface area contributed by atoms with Gasteiger partial charge in [-0.3, -0.25) is 0 Å². The van der Waals surface area contributed by atoms with Crippen LogP contribution in [0.2, 0.25) is 15.2 Å². The van der Waals surface area contributed by atoms with Gasteiger partial charge in [-0.25, -0.2) is 4.98 Å². The predicted molar refractivity (Wildman–Crippen MR) is 69.7 cm³/mol. The maximum atomic E-state index is 5.97. The van der Waals surface area contributed by atoms with E-state index in [9.17, 15) is 0 Å². The molecule has 90 valence electrons. The Bertz CT molecular complexity index is 402. The van der Waals surface area contributed by atoms with Crippen molar-refractivity contribution in [3.8, 4) is 5.75 Å². The third kappa shape index (κ3) is 3.12. The molecule has 0 spiro atoms. The molecular formula is C8H5Cl6NO. The number of hydrogen-bond donors (Lipinski definition) is 0. The van der Waals surface area contributed by atoms with E-state index in [-0.39, 0.29) is 26.6 Å². The van der Waals surface area contributed by atoms with Crippen LogP contribution in [0.25, 0.3) is 0 Å². The average Bonchev–Trinajstić information content (AvgIpc) is 2.16. The second-order valence-electron chi connectivity index (χ2n) is 2.64. The van der Waals surface area contributed by atoms with Gasteiger partial charge in [0, 0.05) is 0 Å². The first-order valence-electron chi connectivity index (χ1n) is 4.03. The first-order chi connectivity index (χ1) is 7.29. The summed E-state index contributed by atoms with van der Waals surface area (Å²) in [5.74, 6) is 0.159. The fraction of sp³-hybridized carbons (Fsp3) is 0.375. The summed E-state index contributed by atoms with van der Waals surface area (Å²) in [6.45, 7) is 2.11. The molecule has 1 aromatic rings. The largest absolute Gasteiger partial charge is 0.491 e. The molecule has 0 amide bonds. The monoisotopic (exact) mass is 341 g/mol. The van der Waals surface area contributed by atoms with Crippen molar-refractivity contribution in [1.29, 1.82) is 0 Å². The Morgan fingerprint density at radius 3 is 2.12 bits per heavy atom. The number of pyridine rings is 1. The van der Waals surface area contributed by atoms with E-state index in [0.29, 0.717) is 6.61 Å². The van der Waals surface area contributed by atoms with Gasteiger partial charge in [-0.2, -0.15) is 0 Å². The second kappa shape index (κ2) is 5.55. The van der Waals surface area contributed by atoms with Gasteiger partial charge in [-0.1, -0.05) is 69.6 Å². The molecule has 16 heavy (non-hydrogen) atoms. The molecular weight excluding hydrogens is 339 g/mol. The molecule has 1 aromatic heterocycles. The van der Waals surface area contributed by atoms with Crippen molar-refractivity contribution < 1.29 is 4.74 Å². The average molecular weight is 344 g/mol. The Hall–Kier alpha value is 0.690. The summed E-state index contributed by atoms with van der Waals surface area (Å²) in [7, 11) is 0. The Kier molecular flexibility index (Phi) is 5.12. The molecule has 0 fully saturated rings. The quantitative estimate of drug-likeness (QED) is 0.539. The first-order valence-corrected chi connectivity index (χ1v) is 6.30. The molecule has 8 heteroatoms. The van der Waals surface area contributed by atoms with Crippen LogP contribution in [-0.2, 0) is 3.79 Å². The highest BCUT2D eigenvalue weighted by Gasteiger charge is 2.32. The molecule has 0 aliphatic heterocycles. The highest BCUT2D eigenvalue weighted by molar-refractivity contribution is 6.67. The van der Waals surface area contributed by atoms with E-state index in [1.54, 1.807) is 6.92 Å². The van der Waals surface area contributed by atoms with Gasteiger partial charge in [0.1, 0.15) is 15.7 Å². The molecule has 0 unspecified atom stereocenters. The van der Waals surface area contributed by atoms with Gasteiger partial charge in [0.2, 0.25) is 3.79 Å². The molecule has 0 aromatic carbocycles. The summed E-state index contributed by atoms with van der Waals surface area (Å²) in [5.41, 5.74) is -0.0167. The van der Waals surface area contributed by atoms with Gasteiger partial charge < -0.3 is 4.74 Å². The molecule has 0 saturated heterocycles. The molecule has 0 aliphatic rings. The standard InChI is InChI=1S/C8H5Cl6NO/c1-2-16-5-3(9)6(8(12,13)14)15-7(11)4(5)10/h2H2,1H3. The molecule has 2 nitrogen and oxygen atoms in total. The van der Waals surface area contributed by atoms with E-state index in [2.05, 4.69) is 4.98 Å². The van der Waals surface area contributed by atoms with Crippen LogP contribution in [0.1, 0.15) is 12.6 Å². The minimum Gasteiger partial charge on any atom is -0.491 e. The summed E-state index contributed by atoms with van der Waals surface area (Å²) in [4.78, 5) is 3.81. The molecule has 0 aliphatic carbocycles. The molecule has 1 heterocycles. The second-order valence-corrected chi connectivity index (χ2v) is 6.03. The normalized spacial score (nSPS) is 11.7. The van der Waals surface area contributed by atoms with Crippen LogP contribution in [0.4, 0.5) is 0 Å². The van der Waals surface area contributed by atoms with Crippen LogP contribution in [0.3, 0.4) is 0 Å². The Balaban J connectivity index is 3.44. The van der Waals surface area contributed by atoms with Gasteiger partial charge in [0.15, 0.2) is 10.9 Å². The molecule has 0 atom stereocenters. The van der Waals surface area contributed by atoms with Crippen LogP contribution < -0.4 is 4.74 Å². The topological polar surface area (TPSA) is 22.1 Å². The fourth-order valence-corrected chi connectivity index (χ4v) is 2.25. The van der Waals surface area contributed by atoms with E-state index in [0.717, 1.165) is 0 Å². The Morgan fingerprint density at radius 2 is 1.69 bits per heavy atom. The number of halogens is 6. The zero-order valence-corrected chi connectivity index (χ0v) is 12.4. The van der Waals surface area contributed by atoms with Gasteiger partial charge in [0.05, 0.1) is 6.61 Å². The third-order valence-corrected chi connectivity index (χ3v) is 3.16. The van der Waals surface area contributed by atoms with E-state index < -0.39 is 3.79 Å². The van der Waals surface area contributed by atoms with Crippen LogP contribution in [0.5, 0.6) is 5.75 Å². The lowest BCUT2D eigenvalue weighted by atomic mass is 10.3. The molecule has 0 bridgehead atoms. The summed E-state index contributed by atoms with van der Waals surface area (Å²) in [6, 6.07) is 0. The summed E-state index contributed by atoms with van der Waals surface area (Å²) >= 11 is 34.7. The van der Waals surface area contributed by atoms with E-state index in [1.165, 1.54) is 0 Å². The van der Waals surface area contributed by atoms with Crippen molar-refractivity contribution in [2.24, 2.45) is 0 Å². The fourth-order valence-electron chi connectivity index (χ4n) is 0.953. The van der Waals surface area contributed by atoms with Crippen molar-refractivity contribution in [1.82, 2.24) is 4.98 Å². The Morgan fingerprint density at radius 1 is 1.12 bits per heavy atom. The molecule has 0 N–H and O–H groups in total. The summed E-state index contributed by atoms with van der Waals surface area (Å²) in [5, 5.41) is 0.0959. The zero-order valence-electron chi connectivity index (χ0n) is 7.83. The minimum absolute atomic E-state index is 0.0167. The maximum absolute atomic E-state index is 5.97. The smallest absolute Gasteiger partial charge is 0.234 e. The van der Waals surface area contributed by atoms with Crippen LogP contribution >= 0.6 is 69.6 Å². The van der Waals surface area contributed by atoms with E-state index >= 15 is 0 Å². The maximum Gasteiger partial charge on any atom is 0.234 e. The van der Waals surface area contributed by atoms with E-state index in [1.807, 2.05) is 0 Å². The number of rotatable bonds is 2. The van der Waals surface area contributed by atoms with Crippen molar-refractivity contribution in [3.05, 3.63) is 20.9 Å². The highest BCUT2D eigenvalue weighted by atomic mass is 35.6. The van der Waals surface area contributed by atoms with Crippen LogP contribution in [0, 0.1) is 0 Å². The van der Waals surface area contributed by atoms with Crippen molar-refractivity contribution in [2.75, 3.05) is 6.61 Å². The summed E-state index contributed by atoms with van der Waals surface area (Å²) < 4.78 is 3.43. The lowest BCUT2D eigenvalue weighted by Crippen LogP contribution is -2.07. The van der Waals surface area contributed by atoms with Gasteiger partial charge in [-0.15, -0.1) is 0 Å². The minimum atomic E-state index is -1.79. The Labute approximate surface area is 123 Å². The lowest BCUT2D eigenvalue weighted by molar-refractivity contribution is 0.340. The SMILES string of the molecule is CCOc1c(Cl)c(Cl)nc(C(Cl)(Cl)Cl)c1Cl. The molecule has 0 saturated carbocycles. The van der Waals surface area contributed by atoms with Gasteiger partial charge >= 0.3 is 0 Å². The van der Waals surface area contributed by atoms with Crippen molar-refractivity contribution in [2.45, 2.75) is 10.7 Å². The van der Waals surface area contributed by atoms with Crippen LogP contribution in [-0.4, -0.2) is 11.6 Å².